The van der Waals surface area contributed by atoms with Gasteiger partial charge >= 0.3 is 0 Å². The summed E-state index contributed by atoms with van der Waals surface area (Å²) in [5.41, 5.74) is 6.75. The van der Waals surface area contributed by atoms with E-state index in [1.807, 2.05) is 12.1 Å². The summed E-state index contributed by atoms with van der Waals surface area (Å²) in [4.78, 5) is 2.71. The van der Waals surface area contributed by atoms with Crippen LogP contribution in [0.15, 0.2) is 0 Å². The molecule has 2 bridgehead atoms. The summed E-state index contributed by atoms with van der Waals surface area (Å²) in [5, 5.41) is 10.7. The Morgan fingerprint density at radius 2 is 1.76 bits per heavy atom. The van der Waals surface area contributed by atoms with Gasteiger partial charge in [0.15, 0.2) is 0 Å². The zero-order valence-electron chi connectivity index (χ0n) is 20.4. The molecule has 194 valence electrons. The first-order chi connectivity index (χ1) is 16.4. The molecule has 0 aromatic heterocycles. The molecular weight excluding hydrogens is 456 g/mol. The van der Waals surface area contributed by atoms with Gasteiger partial charge in [0.2, 0.25) is 10.0 Å². The van der Waals surface area contributed by atoms with E-state index in [2.05, 4.69) is 36.1 Å². The molecule has 7 atom stereocenters. The monoisotopic (exact) mass is 498 g/mol. The van der Waals surface area contributed by atoms with Crippen LogP contribution >= 0.6 is 0 Å². The minimum absolute atomic E-state index is 0.0583. The molecule has 6 aliphatic heterocycles. The molecule has 7 unspecified atom stereocenters. The van der Waals surface area contributed by atoms with Crippen LogP contribution in [-0.4, -0.2) is 119 Å². The summed E-state index contributed by atoms with van der Waals surface area (Å²) < 4.78 is 35.7. The van der Waals surface area contributed by atoms with Crippen molar-refractivity contribution in [2.45, 2.75) is 61.5 Å². The highest BCUT2D eigenvalue weighted by molar-refractivity contribution is 7.90. The van der Waals surface area contributed by atoms with Gasteiger partial charge in [0.05, 0.1) is 12.2 Å². The van der Waals surface area contributed by atoms with Gasteiger partial charge in [-0.3, -0.25) is 21.1 Å². The maximum atomic E-state index is 13.5. The Bertz CT molecular complexity index is 832. The zero-order valence-corrected chi connectivity index (χ0v) is 21.3. The average molecular weight is 499 g/mol. The number of hydrogen-bond acceptors (Lipinski definition) is 10. The van der Waals surface area contributed by atoms with Gasteiger partial charge in [-0.25, -0.2) is 23.2 Å². The number of methoxy groups -OCH3 is 1. The van der Waals surface area contributed by atoms with Crippen molar-refractivity contribution in [2.24, 2.45) is 17.8 Å². The summed E-state index contributed by atoms with van der Waals surface area (Å²) >= 11 is 0. The van der Waals surface area contributed by atoms with E-state index in [0.717, 1.165) is 37.9 Å². The van der Waals surface area contributed by atoms with Crippen LogP contribution in [0.2, 0.25) is 0 Å². The van der Waals surface area contributed by atoms with Crippen LogP contribution in [0.1, 0.15) is 25.7 Å². The van der Waals surface area contributed by atoms with Gasteiger partial charge in [0.25, 0.3) is 0 Å². The van der Waals surface area contributed by atoms with Crippen molar-refractivity contribution < 1.29 is 13.2 Å². The number of likely N-dealkylation sites (N-methyl/N-ethyl adjacent to an activating group) is 1. The number of nitrogens with one attached hydrogen (secondary N) is 5. The Morgan fingerprint density at radius 3 is 2.53 bits per heavy atom. The molecule has 0 aromatic carbocycles. The van der Waals surface area contributed by atoms with Gasteiger partial charge in [0.1, 0.15) is 11.5 Å². The number of nitrogens with zero attached hydrogens (tertiary/aromatic N) is 3. The molecule has 0 radical (unpaired) electrons. The molecule has 0 spiro atoms. The lowest BCUT2D eigenvalue weighted by molar-refractivity contribution is -0.0234. The molecule has 7 rings (SSSR count). The number of hydrogen-bond donors (Lipinski definition) is 5. The molecule has 11 nitrogen and oxygen atoms in total. The van der Waals surface area contributed by atoms with Crippen molar-refractivity contribution in [1.29, 1.82) is 0 Å². The van der Waals surface area contributed by atoms with E-state index in [9.17, 15) is 8.42 Å². The lowest BCUT2D eigenvalue weighted by Crippen LogP contribution is -2.67. The molecule has 0 aromatic rings. The van der Waals surface area contributed by atoms with Gasteiger partial charge in [-0.2, -0.15) is 0 Å². The van der Waals surface area contributed by atoms with Crippen LogP contribution in [-0.2, 0) is 14.8 Å². The lowest BCUT2D eigenvalue weighted by Gasteiger charge is -2.51. The summed E-state index contributed by atoms with van der Waals surface area (Å²) in [7, 11) is 0.0838. The topological polar surface area (TPSA) is 113 Å². The zero-order chi connectivity index (χ0) is 23.4. The molecular formula is C22H42N8O3S. The maximum absolute atomic E-state index is 13.5. The van der Waals surface area contributed by atoms with Crippen molar-refractivity contribution in [2.75, 3.05) is 60.0 Å². The molecule has 6 saturated heterocycles. The van der Waals surface area contributed by atoms with Crippen molar-refractivity contribution in [3.05, 3.63) is 0 Å². The molecule has 12 heteroatoms. The maximum Gasteiger partial charge on any atom is 0.217 e. The summed E-state index contributed by atoms with van der Waals surface area (Å²) in [6.07, 6.45) is 4.92. The molecule has 7 fully saturated rings. The highest BCUT2D eigenvalue weighted by Gasteiger charge is 2.48. The second-order valence-electron chi connectivity index (χ2n) is 11.4. The van der Waals surface area contributed by atoms with Crippen LogP contribution < -0.4 is 26.2 Å². The minimum atomic E-state index is -3.54. The molecule has 1 aliphatic carbocycles. The Hall–Kier alpha value is -0.410. The quantitative estimate of drug-likeness (QED) is 0.279. The van der Waals surface area contributed by atoms with Gasteiger partial charge in [0, 0.05) is 71.4 Å². The number of piperidine rings is 4. The number of sulfonamides is 1. The summed E-state index contributed by atoms with van der Waals surface area (Å²) in [6, 6.07) is 0.319. The SMILES string of the molecule is COC1NCC2CNN(C)C2C1NS(=O)(=O)C1CNN(C2CC(N3CC4CC(C4)C3)CCN2)C1. The van der Waals surface area contributed by atoms with Gasteiger partial charge in [-0.15, -0.1) is 0 Å². The van der Waals surface area contributed by atoms with E-state index in [1.165, 1.54) is 32.4 Å². The fourth-order valence-electron chi connectivity index (χ4n) is 7.42. The molecule has 0 amide bonds. The first kappa shape index (κ1) is 24.0. The van der Waals surface area contributed by atoms with Crippen molar-refractivity contribution in [3.63, 3.8) is 0 Å². The van der Waals surface area contributed by atoms with Crippen LogP contribution in [0.5, 0.6) is 0 Å². The first-order valence-electron chi connectivity index (χ1n) is 13.1. The number of rotatable bonds is 6. The first-order valence-corrected chi connectivity index (χ1v) is 14.7. The molecule has 34 heavy (non-hydrogen) atoms. The molecule has 1 saturated carbocycles. The minimum Gasteiger partial charge on any atom is -0.365 e. The van der Waals surface area contributed by atoms with E-state index < -0.39 is 15.3 Å². The number of fused-ring (bicyclic) bond motifs is 3. The van der Waals surface area contributed by atoms with Crippen molar-refractivity contribution >= 4 is 10.0 Å². The lowest BCUT2D eigenvalue weighted by atomic mass is 9.70. The van der Waals surface area contributed by atoms with Gasteiger partial charge < -0.3 is 10.1 Å². The van der Waals surface area contributed by atoms with Crippen LogP contribution in [0.4, 0.5) is 0 Å². The third-order valence-corrected chi connectivity index (χ3v) is 11.1. The fourth-order valence-corrected chi connectivity index (χ4v) is 8.90. The standard InChI is InChI=1S/C22H42N8O3S/c1-28-21-16(9-25-28)8-24-22(33-2)20(21)27-34(31,32)18-10-26-30(13-18)19-7-17(3-4-23-19)29-11-14-5-15(6-14)12-29/h14-27H,3-13H2,1-2H3. The van der Waals surface area contributed by atoms with Gasteiger partial charge in [-0.1, -0.05) is 0 Å². The molecule has 7 aliphatic rings. The fraction of sp³-hybridized carbons (Fsp3) is 1.00. The predicted molar refractivity (Wildman–Crippen MR) is 129 cm³/mol. The van der Waals surface area contributed by atoms with E-state index in [-0.39, 0.29) is 24.5 Å². The Labute approximate surface area is 203 Å². The third kappa shape index (κ3) is 4.44. The average Bonchev–Trinajstić information content (AvgIpc) is 3.47. The molecule has 5 N–H and O–H groups in total. The summed E-state index contributed by atoms with van der Waals surface area (Å²) in [6.45, 7) is 6.07. The Morgan fingerprint density at radius 1 is 0.971 bits per heavy atom. The highest BCUT2D eigenvalue weighted by Crippen LogP contribution is 2.41. The van der Waals surface area contributed by atoms with E-state index in [4.69, 9.17) is 4.74 Å². The van der Waals surface area contributed by atoms with E-state index >= 15 is 0 Å². The predicted octanol–water partition coefficient (Wildman–Crippen LogP) is -2.11. The Balaban J connectivity index is 1.08. The molecule has 6 heterocycles. The van der Waals surface area contributed by atoms with Crippen molar-refractivity contribution in [1.82, 2.24) is 41.1 Å². The largest absolute Gasteiger partial charge is 0.365 e. The van der Waals surface area contributed by atoms with Crippen LogP contribution in [0.25, 0.3) is 0 Å². The second kappa shape index (κ2) is 9.47. The van der Waals surface area contributed by atoms with Gasteiger partial charge in [-0.05, 0) is 44.1 Å². The normalized spacial score (nSPS) is 46.4. The van der Waals surface area contributed by atoms with Crippen LogP contribution in [0.3, 0.4) is 0 Å². The van der Waals surface area contributed by atoms with Crippen molar-refractivity contribution in [3.8, 4) is 0 Å². The van der Waals surface area contributed by atoms with Crippen LogP contribution in [0, 0.1) is 17.8 Å². The Kier molecular flexibility index (Phi) is 6.68. The third-order valence-electron chi connectivity index (χ3n) is 9.29. The smallest absolute Gasteiger partial charge is 0.217 e. The highest BCUT2D eigenvalue weighted by atomic mass is 32.2. The number of hydrazine groups is 2. The second-order valence-corrected chi connectivity index (χ2v) is 13.4. The van der Waals surface area contributed by atoms with E-state index in [1.54, 1.807) is 7.11 Å². The van der Waals surface area contributed by atoms with E-state index in [0.29, 0.717) is 25.0 Å². The number of ether oxygens (including phenoxy) is 1. The summed E-state index contributed by atoms with van der Waals surface area (Å²) in [5.74, 6) is 2.17.